The van der Waals surface area contributed by atoms with Crippen LogP contribution in [0.25, 0.3) is 10.6 Å². The molecule has 4 rings (SSSR count). The average Bonchev–Trinajstić information content (AvgIpc) is 3.53. The summed E-state index contributed by atoms with van der Waals surface area (Å²) in [5.41, 5.74) is 1.34. The van der Waals surface area contributed by atoms with Crippen LogP contribution in [0.15, 0.2) is 40.5 Å². The summed E-state index contributed by atoms with van der Waals surface area (Å²) in [5, 5.41) is 8.17. The molecule has 4 heterocycles. The zero-order valence-electron chi connectivity index (χ0n) is 16.9. The van der Waals surface area contributed by atoms with Gasteiger partial charge in [0.05, 0.1) is 28.9 Å². The van der Waals surface area contributed by atoms with Gasteiger partial charge in [-0.25, -0.2) is 4.98 Å². The number of carbonyl (C=O) groups is 3. The molecular weight excluding hydrogens is 436 g/mol. The van der Waals surface area contributed by atoms with Crippen molar-refractivity contribution in [1.82, 2.24) is 15.2 Å². The quantitative estimate of drug-likeness (QED) is 0.587. The Labute approximate surface area is 187 Å². The van der Waals surface area contributed by atoms with Crippen LogP contribution in [0.1, 0.15) is 35.0 Å². The van der Waals surface area contributed by atoms with Crippen LogP contribution in [0.5, 0.6) is 0 Å². The van der Waals surface area contributed by atoms with Crippen molar-refractivity contribution in [2.45, 2.75) is 26.3 Å². The zero-order valence-corrected chi connectivity index (χ0v) is 18.6. The Hall–Kier alpha value is -2.98. The lowest BCUT2D eigenvalue weighted by atomic mass is 9.95. The number of nitrogens with zero attached hydrogens (tertiary/aromatic N) is 2. The highest BCUT2D eigenvalue weighted by atomic mass is 32.1. The number of hydrogen-bond acceptors (Lipinski definition) is 7. The lowest BCUT2D eigenvalue weighted by Crippen LogP contribution is -2.41. The molecule has 162 valence electrons. The molecule has 2 N–H and O–H groups in total. The predicted octanol–water partition coefficient (Wildman–Crippen LogP) is 3.59. The molecule has 1 fully saturated rings. The van der Waals surface area contributed by atoms with Gasteiger partial charge in [-0.05, 0) is 31.0 Å². The molecule has 3 amide bonds. The third-order valence-corrected chi connectivity index (χ3v) is 6.95. The summed E-state index contributed by atoms with van der Waals surface area (Å²) >= 11 is 2.95. The summed E-state index contributed by atoms with van der Waals surface area (Å²) in [7, 11) is 0. The number of thiophene rings is 1. The molecule has 10 heteroatoms. The van der Waals surface area contributed by atoms with Crippen molar-refractivity contribution in [3.63, 3.8) is 0 Å². The second kappa shape index (κ2) is 9.44. The van der Waals surface area contributed by atoms with Gasteiger partial charge in [0.15, 0.2) is 5.13 Å². The number of furan rings is 1. The van der Waals surface area contributed by atoms with Crippen molar-refractivity contribution < 1.29 is 18.8 Å². The van der Waals surface area contributed by atoms with E-state index in [0.29, 0.717) is 43.2 Å². The number of likely N-dealkylation sites (tertiary alicyclic amines) is 1. The first-order valence-corrected chi connectivity index (χ1v) is 11.6. The van der Waals surface area contributed by atoms with Gasteiger partial charge in [-0.15, -0.1) is 22.7 Å². The molecule has 0 saturated carbocycles. The summed E-state index contributed by atoms with van der Waals surface area (Å²) in [6.45, 7) is 3.07. The third-order valence-electron chi connectivity index (χ3n) is 5.08. The maximum atomic E-state index is 12.7. The molecule has 0 atom stereocenters. The van der Waals surface area contributed by atoms with Gasteiger partial charge in [0.2, 0.25) is 11.8 Å². The Bertz CT molecular complexity index is 1070. The molecule has 3 aromatic heterocycles. The van der Waals surface area contributed by atoms with E-state index < -0.39 is 0 Å². The Morgan fingerprint density at radius 3 is 2.74 bits per heavy atom. The van der Waals surface area contributed by atoms with Crippen LogP contribution < -0.4 is 10.6 Å². The molecular formula is C21H22N4O4S2. The third kappa shape index (κ3) is 5.20. The number of rotatable bonds is 6. The van der Waals surface area contributed by atoms with Gasteiger partial charge in [-0.1, -0.05) is 0 Å². The fourth-order valence-electron chi connectivity index (χ4n) is 3.39. The molecule has 0 aromatic carbocycles. The smallest absolute Gasteiger partial charge is 0.257 e. The van der Waals surface area contributed by atoms with Crippen molar-refractivity contribution in [3.8, 4) is 10.6 Å². The summed E-state index contributed by atoms with van der Waals surface area (Å²) in [5.74, 6) is -0.336. The first-order valence-electron chi connectivity index (χ1n) is 9.91. The molecule has 3 aromatic rings. The molecule has 1 aliphatic heterocycles. The van der Waals surface area contributed by atoms with Crippen LogP contribution in [-0.4, -0.2) is 40.7 Å². The molecule has 0 bridgehead atoms. The standard InChI is InChI=1S/C21H22N4O4S2/c1-13(26)22-10-16-2-3-18(31-16)17-12-30-21(23-17)24-19(27)14-4-7-25(8-5-14)20(28)15-6-9-29-11-15/h2-3,6,9,11-12,14H,4-5,7-8,10H2,1H3,(H,22,26)(H,23,24,27). The highest BCUT2D eigenvalue weighted by molar-refractivity contribution is 7.17. The average molecular weight is 459 g/mol. The lowest BCUT2D eigenvalue weighted by Gasteiger charge is -2.30. The Morgan fingerprint density at radius 1 is 1.23 bits per heavy atom. The SMILES string of the molecule is CC(=O)NCc1ccc(-c2csc(NC(=O)C3CCN(C(=O)c4ccoc4)CC3)n2)s1. The van der Waals surface area contributed by atoms with Crippen molar-refractivity contribution >= 4 is 45.5 Å². The minimum absolute atomic E-state index is 0.0613. The van der Waals surface area contributed by atoms with Crippen molar-refractivity contribution in [1.29, 1.82) is 0 Å². The molecule has 0 spiro atoms. The fraction of sp³-hybridized carbons (Fsp3) is 0.333. The van der Waals surface area contributed by atoms with E-state index in [9.17, 15) is 14.4 Å². The summed E-state index contributed by atoms with van der Waals surface area (Å²) in [6.07, 6.45) is 4.16. The van der Waals surface area contributed by atoms with Crippen LogP contribution in [0.2, 0.25) is 0 Å². The normalized spacial score (nSPS) is 14.4. The van der Waals surface area contributed by atoms with Crippen LogP contribution in [0.4, 0.5) is 5.13 Å². The second-order valence-electron chi connectivity index (χ2n) is 7.28. The number of amides is 3. The molecule has 0 unspecified atom stereocenters. The van der Waals surface area contributed by atoms with E-state index in [0.717, 1.165) is 15.4 Å². The summed E-state index contributed by atoms with van der Waals surface area (Å²) in [6, 6.07) is 5.58. The Balaban J connectivity index is 1.29. The monoisotopic (exact) mass is 458 g/mol. The maximum Gasteiger partial charge on any atom is 0.257 e. The van der Waals surface area contributed by atoms with E-state index in [4.69, 9.17) is 4.42 Å². The first-order chi connectivity index (χ1) is 15.0. The van der Waals surface area contributed by atoms with E-state index >= 15 is 0 Å². The number of aromatic nitrogens is 1. The molecule has 8 nitrogen and oxygen atoms in total. The van der Waals surface area contributed by atoms with Gasteiger partial charge in [-0.3, -0.25) is 14.4 Å². The summed E-state index contributed by atoms with van der Waals surface area (Å²) in [4.78, 5) is 44.4. The largest absolute Gasteiger partial charge is 0.472 e. The maximum absolute atomic E-state index is 12.7. The van der Waals surface area contributed by atoms with Crippen molar-refractivity contribution in [2.75, 3.05) is 18.4 Å². The van der Waals surface area contributed by atoms with Gasteiger partial charge in [0, 0.05) is 36.2 Å². The van der Waals surface area contributed by atoms with Crippen molar-refractivity contribution in [2.24, 2.45) is 5.92 Å². The van der Waals surface area contributed by atoms with Gasteiger partial charge < -0.3 is 20.0 Å². The van der Waals surface area contributed by atoms with E-state index in [2.05, 4.69) is 15.6 Å². The zero-order chi connectivity index (χ0) is 21.8. The number of piperidine rings is 1. The Morgan fingerprint density at radius 2 is 2.03 bits per heavy atom. The van der Waals surface area contributed by atoms with Gasteiger partial charge in [0.1, 0.15) is 6.26 Å². The van der Waals surface area contributed by atoms with Crippen LogP contribution in [0.3, 0.4) is 0 Å². The molecule has 1 aliphatic rings. The summed E-state index contributed by atoms with van der Waals surface area (Å²) < 4.78 is 4.98. The first kappa shape index (κ1) is 21.3. The van der Waals surface area contributed by atoms with E-state index in [-0.39, 0.29) is 23.6 Å². The lowest BCUT2D eigenvalue weighted by molar-refractivity contribution is -0.121. The topological polar surface area (TPSA) is 105 Å². The van der Waals surface area contributed by atoms with Crippen LogP contribution >= 0.6 is 22.7 Å². The number of carbonyl (C=O) groups excluding carboxylic acids is 3. The predicted molar refractivity (Wildman–Crippen MR) is 119 cm³/mol. The number of hydrogen-bond donors (Lipinski definition) is 2. The van der Waals surface area contributed by atoms with Crippen LogP contribution in [0, 0.1) is 5.92 Å². The number of anilines is 1. The number of thiazole rings is 1. The highest BCUT2D eigenvalue weighted by Crippen LogP contribution is 2.31. The molecule has 0 radical (unpaired) electrons. The van der Waals surface area contributed by atoms with Gasteiger partial charge >= 0.3 is 0 Å². The minimum atomic E-state index is -0.147. The number of nitrogens with one attached hydrogen (secondary N) is 2. The Kier molecular flexibility index (Phi) is 6.47. The molecule has 31 heavy (non-hydrogen) atoms. The van der Waals surface area contributed by atoms with E-state index in [1.54, 1.807) is 22.3 Å². The molecule has 0 aliphatic carbocycles. The van der Waals surface area contributed by atoms with E-state index in [1.807, 2.05) is 17.5 Å². The minimum Gasteiger partial charge on any atom is -0.472 e. The highest BCUT2D eigenvalue weighted by Gasteiger charge is 2.28. The molecule has 1 saturated heterocycles. The van der Waals surface area contributed by atoms with E-state index in [1.165, 1.54) is 30.8 Å². The fourth-order valence-corrected chi connectivity index (χ4v) is 5.08. The van der Waals surface area contributed by atoms with Crippen LogP contribution in [-0.2, 0) is 16.1 Å². The van der Waals surface area contributed by atoms with Gasteiger partial charge in [0.25, 0.3) is 5.91 Å². The van der Waals surface area contributed by atoms with Gasteiger partial charge in [-0.2, -0.15) is 0 Å². The second-order valence-corrected chi connectivity index (χ2v) is 9.31. The van der Waals surface area contributed by atoms with Crippen molar-refractivity contribution in [3.05, 3.63) is 46.5 Å².